The molecule has 0 saturated heterocycles. The average Bonchev–Trinajstić information content (AvgIpc) is 2.34. The summed E-state index contributed by atoms with van der Waals surface area (Å²) in [7, 11) is 0. The number of aliphatic hydroxyl groups is 1. The molecule has 1 aliphatic rings. The van der Waals surface area contributed by atoms with E-state index in [9.17, 15) is 19.5 Å². The van der Waals surface area contributed by atoms with Crippen LogP contribution >= 0.6 is 0 Å². The Bertz CT molecular complexity index is 381. The SMILES string of the molecule is CC(C)C[C@@H](O)C(=O)N[C@@H](C(N)=O)[C@H]1CCCC(=O)C1. The molecule has 4 N–H and O–H groups in total. The summed E-state index contributed by atoms with van der Waals surface area (Å²) in [5, 5.41) is 12.2. The van der Waals surface area contributed by atoms with Gasteiger partial charge in [0.1, 0.15) is 17.9 Å². The maximum absolute atomic E-state index is 11.9. The fraction of sp³-hybridized carbons (Fsp3) is 0.786. The lowest BCUT2D eigenvalue weighted by molar-refractivity contribution is -0.135. The number of hydrogen-bond acceptors (Lipinski definition) is 4. The highest BCUT2D eigenvalue weighted by molar-refractivity contribution is 5.89. The van der Waals surface area contributed by atoms with Gasteiger partial charge in [0.15, 0.2) is 0 Å². The van der Waals surface area contributed by atoms with Gasteiger partial charge in [-0.1, -0.05) is 13.8 Å². The first-order valence-electron chi connectivity index (χ1n) is 7.10. The zero-order valence-electron chi connectivity index (χ0n) is 12.1. The Kier molecular flexibility index (Phi) is 6.13. The molecule has 6 heteroatoms. The first kappa shape index (κ1) is 16.6. The molecule has 0 radical (unpaired) electrons. The number of primary amides is 1. The summed E-state index contributed by atoms with van der Waals surface area (Å²) in [5.41, 5.74) is 5.32. The van der Waals surface area contributed by atoms with E-state index in [1.54, 1.807) is 0 Å². The van der Waals surface area contributed by atoms with Crippen molar-refractivity contribution in [1.29, 1.82) is 0 Å². The number of nitrogens with one attached hydrogen (secondary N) is 1. The van der Waals surface area contributed by atoms with E-state index in [2.05, 4.69) is 5.32 Å². The third kappa shape index (κ3) is 4.92. The second kappa shape index (κ2) is 7.38. The van der Waals surface area contributed by atoms with E-state index in [1.165, 1.54) is 0 Å². The normalized spacial score (nSPS) is 22.4. The second-order valence-electron chi connectivity index (χ2n) is 5.93. The lowest BCUT2D eigenvalue weighted by Crippen LogP contribution is -2.52. The number of nitrogens with two attached hydrogens (primary N) is 1. The lowest BCUT2D eigenvalue weighted by Gasteiger charge is -2.28. The first-order valence-corrected chi connectivity index (χ1v) is 7.10. The lowest BCUT2D eigenvalue weighted by atomic mass is 9.82. The number of carbonyl (C=O) groups excluding carboxylic acids is 3. The van der Waals surface area contributed by atoms with E-state index in [1.807, 2.05) is 13.8 Å². The number of hydrogen-bond donors (Lipinski definition) is 3. The summed E-state index contributed by atoms with van der Waals surface area (Å²) in [5.74, 6) is -1.26. The zero-order valence-corrected chi connectivity index (χ0v) is 12.1. The van der Waals surface area contributed by atoms with Crippen molar-refractivity contribution in [2.45, 2.75) is 58.1 Å². The van der Waals surface area contributed by atoms with Gasteiger partial charge in [-0.3, -0.25) is 14.4 Å². The van der Waals surface area contributed by atoms with Gasteiger partial charge in [0.2, 0.25) is 11.8 Å². The monoisotopic (exact) mass is 284 g/mol. The molecule has 6 nitrogen and oxygen atoms in total. The Morgan fingerprint density at radius 2 is 2.10 bits per heavy atom. The van der Waals surface area contributed by atoms with Gasteiger partial charge >= 0.3 is 0 Å². The highest BCUT2D eigenvalue weighted by Gasteiger charge is 2.33. The quantitative estimate of drug-likeness (QED) is 0.643. The average molecular weight is 284 g/mol. The van der Waals surface area contributed by atoms with Gasteiger partial charge < -0.3 is 16.2 Å². The van der Waals surface area contributed by atoms with E-state index < -0.39 is 24.0 Å². The summed E-state index contributed by atoms with van der Waals surface area (Å²) in [4.78, 5) is 34.8. The van der Waals surface area contributed by atoms with E-state index in [0.717, 1.165) is 0 Å². The number of amides is 2. The number of Topliss-reactive ketones (excluding diaryl/α,β-unsaturated/α-hetero) is 1. The molecule has 0 aromatic carbocycles. The number of aliphatic hydroxyl groups excluding tert-OH is 1. The van der Waals surface area contributed by atoms with Gasteiger partial charge in [0, 0.05) is 12.8 Å². The molecular weight excluding hydrogens is 260 g/mol. The van der Waals surface area contributed by atoms with E-state index >= 15 is 0 Å². The molecule has 0 bridgehead atoms. The summed E-state index contributed by atoms with van der Waals surface area (Å²) < 4.78 is 0. The summed E-state index contributed by atoms with van der Waals surface area (Å²) in [6, 6.07) is -0.881. The number of carbonyl (C=O) groups is 3. The molecular formula is C14H24N2O4. The van der Waals surface area contributed by atoms with Crippen LogP contribution in [0.2, 0.25) is 0 Å². The Hall–Kier alpha value is -1.43. The van der Waals surface area contributed by atoms with Crippen LogP contribution < -0.4 is 11.1 Å². The van der Waals surface area contributed by atoms with Crippen molar-refractivity contribution in [3.8, 4) is 0 Å². The van der Waals surface area contributed by atoms with E-state index in [4.69, 9.17) is 5.73 Å². The molecule has 0 aromatic heterocycles. The largest absolute Gasteiger partial charge is 0.383 e. The molecule has 3 atom stereocenters. The van der Waals surface area contributed by atoms with Crippen LogP contribution in [0.15, 0.2) is 0 Å². The van der Waals surface area contributed by atoms with Crippen LogP contribution in [0.3, 0.4) is 0 Å². The molecule has 20 heavy (non-hydrogen) atoms. The standard InChI is InChI=1S/C14H24N2O4/c1-8(2)6-11(18)14(20)16-12(13(15)19)9-4-3-5-10(17)7-9/h8-9,11-12,18H,3-7H2,1-2H3,(H2,15,19)(H,16,20)/t9-,11+,12+/m0/s1. The van der Waals surface area contributed by atoms with Gasteiger partial charge in [-0.15, -0.1) is 0 Å². The molecule has 1 saturated carbocycles. The molecule has 0 aromatic rings. The van der Waals surface area contributed by atoms with Crippen LogP contribution in [0, 0.1) is 11.8 Å². The number of rotatable bonds is 6. The number of ketones is 1. The Labute approximate surface area is 119 Å². The minimum Gasteiger partial charge on any atom is -0.383 e. The smallest absolute Gasteiger partial charge is 0.249 e. The van der Waals surface area contributed by atoms with Crippen LogP contribution in [-0.2, 0) is 14.4 Å². The third-order valence-corrected chi connectivity index (χ3v) is 3.59. The topological polar surface area (TPSA) is 109 Å². The minimum atomic E-state index is -1.16. The highest BCUT2D eigenvalue weighted by atomic mass is 16.3. The fourth-order valence-corrected chi connectivity index (χ4v) is 2.57. The Balaban J connectivity index is 2.65. The molecule has 0 spiro atoms. The fourth-order valence-electron chi connectivity index (χ4n) is 2.57. The van der Waals surface area contributed by atoms with Crippen LogP contribution in [0.5, 0.6) is 0 Å². The summed E-state index contributed by atoms with van der Waals surface area (Å²) in [6.07, 6.45) is 1.33. The van der Waals surface area contributed by atoms with Crippen molar-refractivity contribution in [2.75, 3.05) is 0 Å². The van der Waals surface area contributed by atoms with Crippen molar-refractivity contribution < 1.29 is 19.5 Å². The van der Waals surface area contributed by atoms with Gasteiger partial charge in [0.05, 0.1) is 0 Å². The van der Waals surface area contributed by atoms with Crippen molar-refractivity contribution in [2.24, 2.45) is 17.6 Å². The van der Waals surface area contributed by atoms with Gasteiger partial charge in [-0.2, -0.15) is 0 Å². The molecule has 1 aliphatic carbocycles. The zero-order chi connectivity index (χ0) is 15.3. The summed E-state index contributed by atoms with van der Waals surface area (Å²) in [6.45, 7) is 3.78. The maximum Gasteiger partial charge on any atom is 0.249 e. The highest BCUT2D eigenvalue weighted by Crippen LogP contribution is 2.24. The molecule has 2 amide bonds. The van der Waals surface area contributed by atoms with E-state index in [-0.39, 0.29) is 24.0 Å². The van der Waals surface area contributed by atoms with Crippen LogP contribution in [0.25, 0.3) is 0 Å². The molecule has 0 aliphatic heterocycles. The van der Waals surface area contributed by atoms with Crippen molar-refractivity contribution in [1.82, 2.24) is 5.32 Å². The van der Waals surface area contributed by atoms with Crippen molar-refractivity contribution in [3.05, 3.63) is 0 Å². The first-order chi connectivity index (χ1) is 9.31. The molecule has 1 rings (SSSR count). The molecule has 0 unspecified atom stereocenters. The predicted molar refractivity (Wildman–Crippen MR) is 73.6 cm³/mol. The van der Waals surface area contributed by atoms with Gasteiger partial charge in [-0.05, 0) is 31.1 Å². The second-order valence-corrected chi connectivity index (χ2v) is 5.93. The summed E-state index contributed by atoms with van der Waals surface area (Å²) >= 11 is 0. The minimum absolute atomic E-state index is 0.0875. The van der Waals surface area contributed by atoms with Crippen LogP contribution in [-0.4, -0.2) is 34.8 Å². The van der Waals surface area contributed by atoms with Crippen molar-refractivity contribution >= 4 is 17.6 Å². The third-order valence-electron chi connectivity index (χ3n) is 3.59. The van der Waals surface area contributed by atoms with Gasteiger partial charge in [0.25, 0.3) is 0 Å². The van der Waals surface area contributed by atoms with Crippen LogP contribution in [0.4, 0.5) is 0 Å². The molecule has 0 heterocycles. The Morgan fingerprint density at radius 1 is 1.45 bits per heavy atom. The van der Waals surface area contributed by atoms with Crippen molar-refractivity contribution in [3.63, 3.8) is 0 Å². The molecule has 114 valence electrons. The predicted octanol–water partition coefficient (Wildman–Crippen LogP) is 0.123. The van der Waals surface area contributed by atoms with E-state index in [0.29, 0.717) is 25.7 Å². The van der Waals surface area contributed by atoms with Gasteiger partial charge in [-0.25, -0.2) is 0 Å². The maximum atomic E-state index is 11.9. The van der Waals surface area contributed by atoms with Crippen LogP contribution in [0.1, 0.15) is 46.0 Å². The molecule has 1 fully saturated rings. The Morgan fingerprint density at radius 3 is 2.60 bits per heavy atom.